The summed E-state index contributed by atoms with van der Waals surface area (Å²) < 4.78 is 11.8. The number of carbonyl (C=O) groups is 1. The number of methoxy groups -OCH3 is 2. The van der Waals surface area contributed by atoms with Crippen molar-refractivity contribution in [2.75, 3.05) is 45.3 Å². The Morgan fingerprint density at radius 1 is 1.03 bits per heavy atom. The van der Waals surface area contributed by atoms with Gasteiger partial charge in [-0.1, -0.05) is 23.5 Å². The number of ether oxygens (including phenoxy) is 2. The third kappa shape index (κ3) is 4.37. The number of fused-ring (bicyclic) bond motifs is 1. The molecule has 0 unspecified atom stereocenters. The highest BCUT2D eigenvalue weighted by atomic mass is 32.1. The van der Waals surface area contributed by atoms with Crippen LogP contribution in [0.5, 0.6) is 11.5 Å². The fraction of sp³-hybridized carbons (Fsp3) is 0.333. The number of amides is 1. The van der Waals surface area contributed by atoms with E-state index in [1.165, 1.54) is 15.8 Å². The van der Waals surface area contributed by atoms with Gasteiger partial charge in [0.05, 0.1) is 24.4 Å². The summed E-state index contributed by atoms with van der Waals surface area (Å²) >= 11 is 1.73. The molecule has 2 aromatic carbocycles. The first-order chi connectivity index (χ1) is 15.0. The van der Waals surface area contributed by atoms with Crippen molar-refractivity contribution in [1.82, 2.24) is 9.88 Å². The third-order valence-electron chi connectivity index (χ3n) is 5.76. The quantitative estimate of drug-likeness (QED) is 0.558. The average Bonchev–Trinajstić information content (AvgIpc) is 3.25. The van der Waals surface area contributed by atoms with Crippen LogP contribution in [0, 0.1) is 13.8 Å². The van der Waals surface area contributed by atoms with Crippen LogP contribution in [0.4, 0.5) is 5.13 Å². The van der Waals surface area contributed by atoms with E-state index in [9.17, 15) is 4.79 Å². The number of hydrogen-bond donors (Lipinski definition) is 0. The van der Waals surface area contributed by atoms with Gasteiger partial charge in [-0.15, -0.1) is 0 Å². The first-order valence-electron chi connectivity index (χ1n) is 10.3. The monoisotopic (exact) mass is 437 g/mol. The second-order valence-corrected chi connectivity index (χ2v) is 8.62. The van der Waals surface area contributed by atoms with Crippen LogP contribution in [0.2, 0.25) is 0 Å². The van der Waals surface area contributed by atoms with E-state index in [4.69, 9.17) is 14.5 Å². The highest BCUT2D eigenvalue weighted by molar-refractivity contribution is 7.22. The largest absolute Gasteiger partial charge is 0.493 e. The number of rotatable bonds is 5. The highest BCUT2D eigenvalue weighted by Gasteiger charge is 2.22. The van der Waals surface area contributed by atoms with E-state index in [0.717, 1.165) is 29.3 Å². The zero-order valence-corrected chi connectivity index (χ0v) is 19.2. The van der Waals surface area contributed by atoms with Gasteiger partial charge in [-0.2, -0.15) is 0 Å². The molecule has 4 rings (SSSR count). The number of anilines is 1. The minimum Gasteiger partial charge on any atom is -0.493 e. The average molecular weight is 438 g/mol. The maximum Gasteiger partial charge on any atom is 0.246 e. The fourth-order valence-electron chi connectivity index (χ4n) is 3.70. The normalized spacial score (nSPS) is 14.5. The topological polar surface area (TPSA) is 54.9 Å². The van der Waals surface area contributed by atoms with E-state index in [0.29, 0.717) is 24.6 Å². The van der Waals surface area contributed by atoms with Crippen molar-refractivity contribution in [2.45, 2.75) is 13.8 Å². The molecule has 1 saturated heterocycles. The summed E-state index contributed by atoms with van der Waals surface area (Å²) in [6, 6.07) is 9.90. The van der Waals surface area contributed by atoms with Gasteiger partial charge in [0.2, 0.25) is 5.91 Å². The zero-order chi connectivity index (χ0) is 22.0. The summed E-state index contributed by atoms with van der Waals surface area (Å²) in [6.07, 6.45) is 3.44. The first kappa shape index (κ1) is 21.2. The van der Waals surface area contributed by atoms with E-state index in [-0.39, 0.29) is 5.91 Å². The molecule has 3 aromatic rings. The molecule has 0 spiro atoms. The van der Waals surface area contributed by atoms with Crippen LogP contribution in [0.3, 0.4) is 0 Å². The number of piperazine rings is 1. The van der Waals surface area contributed by atoms with Crippen LogP contribution >= 0.6 is 11.3 Å². The van der Waals surface area contributed by atoms with Gasteiger partial charge in [0.15, 0.2) is 16.6 Å². The Balaban J connectivity index is 1.39. The Hall–Kier alpha value is -3.06. The van der Waals surface area contributed by atoms with E-state index in [1.807, 2.05) is 29.2 Å². The molecule has 2 heterocycles. The predicted molar refractivity (Wildman–Crippen MR) is 126 cm³/mol. The van der Waals surface area contributed by atoms with Crippen molar-refractivity contribution < 1.29 is 14.3 Å². The number of aryl methyl sites for hydroxylation is 2. The summed E-state index contributed by atoms with van der Waals surface area (Å²) in [5.74, 6) is 1.33. The number of thiazole rings is 1. The maximum absolute atomic E-state index is 12.7. The summed E-state index contributed by atoms with van der Waals surface area (Å²) in [4.78, 5) is 21.7. The third-order valence-corrected chi connectivity index (χ3v) is 6.84. The molecule has 31 heavy (non-hydrogen) atoms. The van der Waals surface area contributed by atoms with Gasteiger partial charge in [-0.3, -0.25) is 4.79 Å². The summed E-state index contributed by atoms with van der Waals surface area (Å²) in [5, 5.41) is 1.04. The Labute approximate surface area is 186 Å². The van der Waals surface area contributed by atoms with Gasteiger partial charge in [0.25, 0.3) is 0 Å². The van der Waals surface area contributed by atoms with Crippen molar-refractivity contribution in [3.63, 3.8) is 0 Å². The van der Waals surface area contributed by atoms with E-state index < -0.39 is 0 Å². The van der Waals surface area contributed by atoms with Crippen molar-refractivity contribution >= 4 is 38.7 Å². The van der Waals surface area contributed by atoms with Crippen LogP contribution in [0.1, 0.15) is 16.7 Å². The number of carbonyl (C=O) groups excluding carboxylic acids is 1. The van der Waals surface area contributed by atoms with Crippen molar-refractivity contribution in [2.24, 2.45) is 0 Å². The van der Waals surface area contributed by atoms with Gasteiger partial charge in [-0.05, 0) is 54.8 Å². The molecule has 1 aliphatic rings. The van der Waals surface area contributed by atoms with E-state index in [2.05, 4.69) is 30.9 Å². The van der Waals surface area contributed by atoms with Crippen LogP contribution in [-0.2, 0) is 4.79 Å². The second kappa shape index (κ2) is 8.98. The van der Waals surface area contributed by atoms with Crippen molar-refractivity contribution in [1.29, 1.82) is 0 Å². The smallest absolute Gasteiger partial charge is 0.246 e. The molecular formula is C24H27N3O3S. The minimum absolute atomic E-state index is 0.0187. The molecular weight excluding hydrogens is 410 g/mol. The fourth-order valence-corrected chi connectivity index (χ4v) is 4.77. The Bertz CT molecular complexity index is 1130. The molecule has 1 aromatic heterocycles. The van der Waals surface area contributed by atoms with Crippen LogP contribution in [0.25, 0.3) is 16.3 Å². The molecule has 7 heteroatoms. The summed E-state index contributed by atoms with van der Waals surface area (Å²) in [6.45, 7) is 7.18. The molecule has 1 fully saturated rings. The van der Waals surface area contributed by atoms with E-state index >= 15 is 0 Å². The number of aromatic nitrogens is 1. The Morgan fingerprint density at radius 3 is 2.48 bits per heavy atom. The zero-order valence-electron chi connectivity index (χ0n) is 18.3. The Kier molecular flexibility index (Phi) is 6.13. The number of hydrogen-bond acceptors (Lipinski definition) is 6. The first-order valence-corrected chi connectivity index (χ1v) is 11.1. The molecule has 0 saturated carbocycles. The summed E-state index contributed by atoms with van der Waals surface area (Å²) in [7, 11) is 3.21. The number of nitrogens with zero attached hydrogens (tertiary/aromatic N) is 3. The van der Waals surface area contributed by atoms with Gasteiger partial charge in [-0.25, -0.2) is 4.98 Å². The van der Waals surface area contributed by atoms with Gasteiger partial charge < -0.3 is 19.3 Å². The molecule has 1 aliphatic heterocycles. The van der Waals surface area contributed by atoms with Gasteiger partial charge in [0.1, 0.15) is 0 Å². The van der Waals surface area contributed by atoms with Crippen LogP contribution in [-0.4, -0.2) is 56.2 Å². The lowest BCUT2D eigenvalue weighted by Crippen LogP contribution is -2.48. The number of benzene rings is 2. The predicted octanol–water partition coefficient (Wildman–Crippen LogP) is 4.29. The SMILES string of the molecule is COc1ccc(/C=C\C(=O)N2CCN(c3nc4c(C)c(C)ccc4s3)CC2)cc1OC. The minimum atomic E-state index is 0.0187. The lowest BCUT2D eigenvalue weighted by molar-refractivity contribution is -0.126. The van der Waals surface area contributed by atoms with Gasteiger partial charge in [0, 0.05) is 32.3 Å². The van der Waals surface area contributed by atoms with Crippen molar-refractivity contribution in [3.05, 3.63) is 53.1 Å². The second-order valence-electron chi connectivity index (χ2n) is 7.61. The molecule has 0 radical (unpaired) electrons. The van der Waals surface area contributed by atoms with Crippen molar-refractivity contribution in [3.8, 4) is 11.5 Å². The maximum atomic E-state index is 12.7. The molecule has 162 valence electrons. The molecule has 1 amide bonds. The van der Waals surface area contributed by atoms with Crippen LogP contribution in [0.15, 0.2) is 36.4 Å². The lowest BCUT2D eigenvalue weighted by atomic mass is 10.1. The standard InChI is InChI=1S/C24H27N3O3S/c1-16-5-9-21-23(17(16)2)25-24(31-21)27-13-11-26(12-14-27)22(28)10-7-18-6-8-19(29-3)20(15-18)30-4/h5-10,15H,11-14H2,1-4H3/b10-7-. The lowest BCUT2D eigenvalue weighted by Gasteiger charge is -2.34. The highest BCUT2D eigenvalue weighted by Crippen LogP contribution is 2.32. The summed E-state index contributed by atoms with van der Waals surface area (Å²) in [5.41, 5.74) is 4.50. The van der Waals surface area contributed by atoms with E-state index in [1.54, 1.807) is 31.6 Å². The molecule has 0 aliphatic carbocycles. The molecule has 6 nitrogen and oxygen atoms in total. The Morgan fingerprint density at radius 2 is 1.77 bits per heavy atom. The molecule has 0 atom stereocenters. The van der Waals surface area contributed by atoms with Gasteiger partial charge >= 0.3 is 0 Å². The van der Waals surface area contributed by atoms with Crippen LogP contribution < -0.4 is 14.4 Å². The molecule has 0 N–H and O–H groups in total. The molecule has 0 bridgehead atoms.